The third-order valence-corrected chi connectivity index (χ3v) is 8.09. The van der Waals surface area contributed by atoms with Crippen LogP contribution >= 0.6 is 0 Å². The van der Waals surface area contributed by atoms with Gasteiger partial charge in [-0.05, 0) is 97.7 Å². The molecular weight excluding hydrogens is 469 g/mol. The molecular formula is C28H44BN3O5. The van der Waals surface area contributed by atoms with Gasteiger partial charge in [0.25, 0.3) is 0 Å². The molecule has 0 aliphatic carbocycles. The van der Waals surface area contributed by atoms with Crippen LogP contribution in [-0.4, -0.2) is 78.6 Å². The molecule has 0 atom stereocenters. The van der Waals surface area contributed by atoms with Gasteiger partial charge in [0, 0.05) is 38.4 Å². The van der Waals surface area contributed by atoms with Crippen LogP contribution in [0, 0.1) is 5.92 Å². The third kappa shape index (κ3) is 6.43. The smallest absolute Gasteiger partial charge is 0.444 e. The van der Waals surface area contributed by atoms with Crippen molar-refractivity contribution in [1.29, 1.82) is 0 Å². The lowest BCUT2D eigenvalue weighted by atomic mass is 9.79. The van der Waals surface area contributed by atoms with Gasteiger partial charge in [0.05, 0.1) is 11.2 Å². The maximum absolute atomic E-state index is 13.4. The predicted octanol–water partition coefficient (Wildman–Crippen LogP) is 4.66. The molecule has 3 aliphatic rings. The number of carbonyl (C=O) groups excluding carboxylic acids is 2. The van der Waals surface area contributed by atoms with Gasteiger partial charge in [-0.1, -0.05) is 12.1 Å². The van der Waals surface area contributed by atoms with E-state index in [1.54, 1.807) is 0 Å². The highest BCUT2D eigenvalue weighted by atomic mass is 16.7. The largest absolute Gasteiger partial charge is 0.494 e. The van der Waals surface area contributed by atoms with Crippen molar-refractivity contribution >= 4 is 30.4 Å². The molecule has 0 bridgehead atoms. The van der Waals surface area contributed by atoms with E-state index in [0.717, 1.165) is 49.9 Å². The molecule has 3 fully saturated rings. The monoisotopic (exact) mass is 513 g/mol. The van der Waals surface area contributed by atoms with Crippen molar-refractivity contribution in [3.8, 4) is 0 Å². The Balaban J connectivity index is 1.31. The molecule has 8 nitrogen and oxygen atoms in total. The summed E-state index contributed by atoms with van der Waals surface area (Å²) in [4.78, 5) is 31.4. The number of hydrogen-bond acceptors (Lipinski definition) is 5. The van der Waals surface area contributed by atoms with Gasteiger partial charge in [-0.25, -0.2) is 9.59 Å². The number of piperidine rings is 1. The lowest BCUT2D eigenvalue weighted by Crippen LogP contribution is -2.50. The summed E-state index contributed by atoms with van der Waals surface area (Å²) in [6, 6.07) is 8.05. The molecule has 0 N–H and O–H groups in total. The summed E-state index contributed by atoms with van der Waals surface area (Å²) in [5.41, 5.74) is 0.520. The minimum Gasteiger partial charge on any atom is -0.444 e. The van der Waals surface area contributed by atoms with Gasteiger partial charge in [0.15, 0.2) is 0 Å². The number of benzene rings is 1. The number of carbonyl (C=O) groups is 2. The normalized spacial score (nSPS) is 22.5. The van der Waals surface area contributed by atoms with Crippen molar-refractivity contribution in [3.05, 3.63) is 24.3 Å². The maximum Gasteiger partial charge on any atom is 0.494 e. The Morgan fingerprint density at radius 2 is 1.70 bits per heavy atom. The average Bonchev–Trinajstić information content (AvgIpc) is 3.04. The van der Waals surface area contributed by atoms with Gasteiger partial charge in [-0.3, -0.25) is 4.90 Å². The molecule has 3 saturated heterocycles. The fourth-order valence-electron chi connectivity index (χ4n) is 5.12. The van der Waals surface area contributed by atoms with E-state index in [-0.39, 0.29) is 12.1 Å². The summed E-state index contributed by atoms with van der Waals surface area (Å²) in [5.74, 6) is 0.508. The number of hydrogen-bond donors (Lipinski definition) is 0. The van der Waals surface area contributed by atoms with Crippen molar-refractivity contribution in [3.63, 3.8) is 0 Å². The van der Waals surface area contributed by atoms with Crippen molar-refractivity contribution in [2.45, 2.75) is 91.0 Å². The molecule has 0 radical (unpaired) electrons. The average molecular weight is 513 g/mol. The predicted molar refractivity (Wildman–Crippen MR) is 146 cm³/mol. The standard InChI is InChI=1S/C28H44BN3O5/c1-26(2,3)35-25(34)31-18-13-21(14-19-31)12-17-30-15-9-16-32(24(30)33)23-11-8-10-22(20-23)29-36-27(4,5)28(6,7)37-29/h8,10-11,20-21H,9,12-19H2,1-7H3. The van der Waals surface area contributed by atoms with Crippen molar-refractivity contribution in [2.24, 2.45) is 5.92 Å². The summed E-state index contributed by atoms with van der Waals surface area (Å²) in [6.07, 6.45) is 3.55. The number of amides is 3. The van der Waals surface area contributed by atoms with Crippen molar-refractivity contribution in [2.75, 3.05) is 37.6 Å². The van der Waals surface area contributed by atoms with Gasteiger partial charge in [0.1, 0.15) is 5.60 Å². The van der Waals surface area contributed by atoms with Gasteiger partial charge >= 0.3 is 19.2 Å². The molecule has 0 unspecified atom stereocenters. The van der Waals surface area contributed by atoms with Gasteiger partial charge in [-0.2, -0.15) is 0 Å². The summed E-state index contributed by atoms with van der Waals surface area (Å²) in [7, 11) is -0.451. The first-order chi connectivity index (χ1) is 17.3. The van der Waals surface area contributed by atoms with Crippen molar-refractivity contribution < 1.29 is 23.6 Å². The molecule has 37 heavy (non-hydrogen) atoms. The number of rotatable bonds is 5. The Labute approximate surface area is 222 Å². The molecule has 3 amide bonds. The highest BCUT2D eigenvalue weighted by Crippen LogP contribution is 2.36. The van der Waals surface area contributed by atoms with Gasteiger partial charge < -0.3 is 23.8 Å². The topological polar surface area (TPSA) is 71.6 Å². The molecule has 4 rings (SSSR count). The van der Waals surface area contributed by atoms with Gasteiger partial charge in [0.2, 0.25) is 0 Å². The maximum atomic E-state index is 13.4. The fourth-order valence-corrected chi connectivity index (χ4v) is 5.12. The minimum absolute atomic E-state index is 0.0588. The van der Waals surface area contributed by atoms with E-state index >= 15 is 0 Å². The minimum atomic E-state index is -0.474. The van der Waals surface area contributed by atoms with Crippen LogP contribution in [0.3, 0.4) is 0 Å². The first-order valence-electron chi connectivity index (χ1n) is 13.8. The van der Waals surface area contributed by atoms with E-state index in [9.17, 15) is 9.59 Å². The van der Waals surface area contributed by atoms with E-state index in [2.05, 4.69) is 0 Å². The van der Waals surface area contributed by atoms with E-state index in [4.69, 9.17) is 14.0 Å². The second kappa shape index (κ2) is 10.5. The van der Waals surface area contributed by atoms with Crippen LogP contribution in [0.4, 0.5) is 15.3 Å². The SMILES string of the molecule is CC(C)(C)OC(=O)N1CCC(CCN2CCCN(c3cccc(B4OC(C)(C)C(C)(C)O4)c3)C2=O)CC1. The van der Waals surface area contributed by atoms with E-state index in [1.807, 2.05) is 87.4 Å². The van der Waals surface area contributed by atoms with E-state index in [1.165, 1.54) is 0 Å². The molecule has 3 heterocycles. The number of anilines is 1. The molecule has 0 saturated carbocycles. The van der Waals surface area contributed by atoms with Crippen LogP contribution in [0.15, 0.2) is 24.3 Å². The van der Waals surface area contributed by atoms with E-state index < -0.39 is 23.9 Å². The highest BCUT2D eigenvalue weighted by Gasteiger charge is 2.51. The number of likely N-dealkylation sites (tertiary alicyclic amines) is 1. The van der Waals surface area contributed by atoms with Crippen LogP contribution in [0.5, 0.6) is 0 Å². The first-order valence-corrected chi connectivity index (χ1v) is 13.8. The summed E-state index contributed by atoms with van der Waals surface area (Å²) in [5, 5.41) is 0. The van der Waals surface area contributed by atoms with Crippen molar-refractivity contribution in [1.82, 2.24) is 9.80 Å². The zero-order chi connectivity index (χ0) is 27.0. The second-order valence-corrected chi connectivity index (χ2v) is 12.7. The lowest BCUT2D eigenvalue weighted by Gasteiger charge is -2.37. The fraction of sp³-hybridized carbons (Fsp3) is 0.714. The Morgan fingerprint density at radius 3 is 2.32 bits per heavy atom. The molecule has 3 aliphatic heterocycles. The van der Waals surface area contributed by atoms with Crippen LogP contribution < -0.4 is 10.4 Å². The Kier molecular flexibility index (Phi) is 7.87. The molecule has 1 aromatic rings. The zero-order valence-corrected chi connectivity index (χ0v) is 23.7. The Hall–Kier alpha value is -2.26. The highest BCUT2D eigenvalue weighted by molar-refractivity contribution is 6.62. The Bertz CT molecular complexity index is 968. The number of urea groups is 1. The van der Waals surface area contributed by atoms with Crippen LogP contribution in [0.25, 0.3) is 0 Å². The lowest BCUT2D eigenvalue weighted by molar-refractivity contribution is 0.00578. The van der Waals surface area contributed by atoms with Gasteiger partial charge in [-0.15, -0.1) is 0 Å². The van der Waals surface area contributed by atoms with E-state index in [0.29, 0.717) is 25.6 Å². The molecule has 0 aromatic heterocycles. The Morgan fingerprint density at radius 1 is 1.05 bits per heavy atom. The van der Waals surface area contributed by atoms with Crippen LogP contribution in [0.1, 0.15) is 74.1 Å². The zero-order valence-electron chi connectivity index (χ0n) is 23.7. The van der Waals surface area contributed by atoms with Crippen LogP contribution in [-0.2, 0) is 14.0 Å². The summed E-state index contributed by atoms with van der Waals surface area (Å²) >= 11 is 0. The molecule has 0 spiro atoms. The molecule has 1 aromatic carbocycles. The number of nitrogens with zero attached hydrogens (tertiary/aromatic N) is 3. The molecule has 9 heteroatoms. The summed E-state index contributed by atoms with van der Waals surface area (Å²) in [6.45, 7) is 17.5. The second-order valence-electron chi connectivity index (χ2n) is 12.7. The quantitative estimate of drug-likeness (QED) is 0.536. The first kappa shape index (κ1) is 27.8. The third-order valence-electron chi connectivity index (χ3n) is 8.09. The van der Waals surface area contributed by atoms with Crippen LogP contribution in [0.2, 0.25) is 0 Å². The summed E-state index contributed by atoms with van der Waals surface area (Å²) < 4.78 is 18.0. The number of ether oxygens (including phenoxy) is 1. The molecule has 204 valence electrons.